The van der Waals surface area contributed by atoms with Crippen LogP contribution in [0.2, 0.25) is 10.0 Å². The van der Waals surface area contributed by atoms with Crippen LogP contribution in [0.5, 0.6) is 11.5 Å². The summed E-state index contributed by atoms with van der Waals surface area (Å²) in [5.41, 5.74) is 7.91. The van der Waals surface area contributed by atoms with Crippen molar-refractivity contribution < 1.29 is 19.1 Å². The highest BCUT2D eigenvalue weighted by atomic mass is 35.5. The van der Waals surface area contributed by atoms with Crippen LogP contribution < -0.4 is 25.5 Å². The molecule has 45 heavy (non-hydrogen) atoms. The molecule has 3 N–H and O–H groups in total. The van der Waals surface area contributed by atoms with Crippen molar-refractivity contribution in [1.29, 1.82) is 0 Å². The van der Waals surface area contributed by atoms with E-state index < -0.39 is 0 Å². The third-order valence-electron chi connectivity index (χ3n) is 6.36. The van der Waals surface area contributed by atoms with Crippen molar-refractivity contribution in [1.82, 2.24) is 10.4 Å². The number of amides is 2. The van der Waals surface area contributed by atoms with Gasteiger partial charge in [-0.3, -0.25) is 9.59 Å². The van der Waals surface area contributed by atoms with Crippen molar-refractivity contribution in [2.75, 3.05) is 24.4 Å². The number of carbonyl (C=O) groups excluding carboxylic acids is 2. The molecule has 2 amide bonds. The van der Waals surface area contributed by atoms with Crippen molar-refractivity contribution in [3.63, 3.8) is 0 Å². The number of ether oxygens (including phenoxy) is 2. The summed E-state index contributed by atoms with van der Waals surface area (Å²) in [6, 6.07) is 25.1. The van der Waals surface area contributed by atoms with Crippen molar-refractivity contribution in [2.45, 2.75) is 6.92 Å². The van der Waals surface area contributed by atoms with E-state index in [1.807, 2.05) is 48.7 Å². The Morgan fingerprint density at radius 1 is 0.956 bits per heavy atom. The van der Waals surface area contributed by atoms with Crippen molar-refractivity contribution in [3.8, 4) is 22.8 Å². The number of anilines is 3. The summed E-state index contributed by atoms with van der Waals surface area (Å²) >= 11 is 13.8. The lowest BCUT2D eigenvalue weighted by molar-refractivity contribution is -0.118. The maximum atomic E-state index is 12.7. The Bertz CT molecular complexity index is 1830. The first-order valence-corrected chi connectivity index (χ1v) is 15.2. The average Bonchev–Trinajstić information content (AvgIpc) is 3.51. The van der Waals surface area contributed by atoms with Crippen molar-refractivity contribution in [2.24, 2.45) is 5.10 Å². The molecule has 1 aromatic heterocycles. The molecular weight excluding hydrogens is 633 g/mol. The summed E-state index contributed by atoms with van der Waals surface area (Å²) in [6.45, 7) is 1.75. The molecule has 0 saturated carbocycles. The zero-order chi connectivity index (χ0) is 31.8. The van der Waals surface area contributed by atoms with Gasteiger partial charge in [0.05, 0.1) is 24.0 Å². The predicted octanol–water partition coefficient (Wildman–Crippen LogP) is 7.96. The number of benzene rings is 4. The second-order valence-electron chi connectivity index (χ2n) is 9.68. The van der Waals surface area contributed by atoms with Gasteiger partial charge in [0.15, 0.2) is 23.2 Å². The van der Waals surface area contributed by atoms with E-state index in [1.54, 1.807) is 48.5 Å². The van der Waals surface area contributed by atoms with Crippen molar-refractivity contribution >= 4 is 69.1 Å². The molecular formula is C33H27Cl2N5O4S. The Morgan fingerprint density at radius 2 is 1.67 bits per heavy atom. The van der Waals surface area contributed by atoms with Crippen LogP contribution in [0.15, 0.2) is 95.4 Å². The molecule has 228 valence electrons. The first-order chi connectivity index (χ1) is 21.8. The molecule has 0 aliphatic carbocycles. The van der Waals surface area contributed by atoms with E-state index in [2.05, 4.69) is 26.1 Å². The molecule has 1 heterocycles. The monoisotopic (exact) mass is 659 g/mol. The zero-order valence-corrected chi connectivity index (χ0v) is 26.5. The Hall–Kier alpha value is -4.90. The Balaban J connectivity index is 1.15. The van der Waals surface area contributed by atoms with Gasteiger partial charge in [0.25, 0.3) is 11.8 Å². The molecule has 5 rings (SSSR count). The quantitative estimate of drug-likeness (QED) is 0.0979. The highest BCUT2D eigenvalue weighted by Crippen LogP contribution is 2.36. The minimum Gasteiger partial charge on any atom is -0.493 e. The number of nitrogens with zero attached hydrogens (tertiary/aromatic N) is 2. The van der Waals surface area contributed by atoms with Crippen LogP contribution in [0.4, 0.5) is 16.5 Å². The van der Waals surface area contributed by atoms with Gasteiger partial charge < -0.3 is 20.1 Å². The fourth-order valence-corrected chi connectivity index (χ4v) is 5.21. The fourth-order valence-electron chi connectivity index (χ4n) is 4.07. The molecule has 0 atom stereocenters. The first-order valence-electron chi connectivity index (χ1n) is 13.6. The van der Waals surface area contributed by atoms with E-state index in [4.69, 9.17) is 32.7 Å². The SMILES string of the molecule is COc1cc(/C=N/NC(=O)c2ccc(-c3csc(Nc4ccc(C)cc4)n3)cc2)cc(Cl)c1OCC(=O)Nc1ccc(Cl)cc1. The second-order valence-corrected chi connectivity index (χ2v) is 11.4. The van der Waals surface area contributed by atoms with Crippen molar-refractivity contribution in [3.05, 3.63) is 117 Å². The molecule has 4 aromatic carbocycles. The molecule has 0 aliphatic rings. The lowest BCUT2D eigenvalue weighted by atomic mass is 10.1. The number of rotatable bonds is 11. The van der Waals surface area contributed by atoms with Crippen LogP contribution in [0.3, 0.4) is 0 Å². The number of hydrogen-bond acceptors (Lipinski definition) is 8. The van der Waals surface area contributed by atoms with E-state index >= 15 is 0 Å². The van der Waals surface area contributed by atoms with Crippen LogP contribution in [0.25, 0.3) is 11.3 Å². The summed E-state index contributed by atoms with van der Waals surface area (Å²) in [5, 5.41) is 13.6. The number of aromatic nitrogens is 1. The fraction of sp³-hybridized carbons (Fsp3) is 0.0909. The number of methoxy groups -OCH3 is 1. The molecule has 0 radical (unpaired) electrons. The van der Waals surface area contributed by atoms with Gasteiger partial charge in [-0.25, -0.2) is 10.4 Å². The van der Waals surface area contributed by atoms with Gasteiger partial charge in [0.2, 0.25) is 0 Å². The number of hydrazone groups is 1. The van der Waals surface area contributed by atoms with Gasteiger partial charge in [-0.1, -0.05) is 53.0 Å². The number of thiazole rings is 1. The normalized spacial score (nSPS) is 10.8. The van der Waals surface area contributed by atoms with Gasteiger partial charge in [-0.15, -0.1) is 11.3 Å². The Kier molecular flexibility index (Phi) is 10.3. The molecule has 0 spiro atoms. The maximum absolute atomic E-state index is 12.7. The van der Waals surface area contributed by atoms with Crippen LogP contribution in [0, 0.1) is 6.92 Å². The van der Waals surface area contributed by atoms with E-state index in [1.165, 1.54) is 30.2 Å². The van der Waals surface area contributed by atoms with Crippen LogP contribution in [0.1, 0.15) is 21.5 Å². The largest absolute Gasteiger partial charge is 0.493 e. The molecule has 0 bridgehead atoms. The smallest absolute Gasteiger partial charge is 0.271 e. The first kappa shape index (κ1) is 31.5. The summed E-state index contributed by atoms with van der Waals surface area (Å²) in [4.78, 5) is 29.7. The van der Waals surface area contributed by atoms with E-state index in [9.17, 15) is 9.59 Å². The zero-order valence-electron chi connectivity index (χ0n) is 24.1. The molecule has 0 saturated heterocycles. The second kappa shape index (κ2) is 14.7. The van der Waals surface area contributed by atoms with Crippen LogP contribution in [-0.4, -0.2) is 36.7 Å². The van der Waals surface area contributed by atoms with E-state index in [-0.39, 0.29) is 29.2 Å². The van der Waals surface area contributed by atoms with Crippen LogP contribution >= 0.6 is 34.5 Å². The lowest BCUT2D eigenvalue weighted by Gasteiger charge is -2.13. The minimum atomic E-state index is -0.387. The van der Waals surface area contributed by atoms with Crippen LogP contribution in [-0.2, 0) is 4.79 Å². The van der Waals surface area contributed by atoms with Gasteiger partial charge in [-0.05, 0) is 73.2 Å². The molecule has 9 nitrogen and oxygen atoms in total. The molecule has 5 aromatic rings. The number of halogens is 2. The molecule has 12 heteroatoms. The summed E-state index contributed by atoms with van der Waals surface area (Å²) in [6.07, 6.45) is 1.43. The number of aryl methyl sites for hydroxylation is 1. The standard InChI is InChI=1S/C33H27Cl2N5O4S/c1-20-3-11-26(12-4-20)38-33-39-28(19-45-33)22-5-7-23(8-6-22)32(42)40-36-17-21-15-27(35)31(29(16-21)43-2)44-18-30(41)37-25-13-9-24(34)10-14-25/h3-17,19H,18H2,1-2H3,(H,37,41)(H,38,39)(H,40,42)/b36-17+. The Labute approximate surface area is 273 Å². The van der Waals surface area contributed by atoms with Gasteiger partial charge in [-0.2, -0.15) is 5.10 Å². The third kappa shape index (κ3) is 8.60. The molecule has 0 aliphatic heterocycles. The summed E-state index contributed by atoms with van der Waals surface area (Å²) < 4.78 is 11.0. The predicted molar refractivity (Wildman–Crippen MR) is 181 cm³/mol. The molecule has 0 unspecified atom stereocenters. The van der Waals surface area contributed by atoms with Gasteiger partial charge >= 0.3 is 0 Å². The average molecular weight is 661 g/mol. The van der Waals surface area contributed by atoms with E-state index in [0.29, 0.717) is 27.6 Å². The van der Waals surface area contributed by atoms with Gasteiger partial charge in [0, 0.05) is 32.9 Å². The maximum Gasteiger partial charge on any atom is 0.271 e. The number of nitrogens with one attached hydrogen (secondary N) is 3. The summed E-state index contributed by atoms with van der Waals surface area (Å²) in [7, 11) is 1.45. The topological polar surface area (TPSA) is 114 Å². The number of hydrogen-bond donors (Lipinski definition) is 3. The third-order valence-corrected chi connectivity index (χ3v) is 7.65. The minimum absolute atomic E-state index is 0.199. The highest BCUT2D eigenvalue weighted by Gasteiger charge is 2.14. The van der Waals surface area contributed by atoms with E-state index in [0.717, 1.165) is 22.1 Å². The number of carbonyl (C=O) groups is 2. The van der Waals surface area contributed by atoms with Gasteiger partial charge in [0.1, 0.15) is 0 Å². The summed E-state index contributed by atoms with van der Waals surface area (Å²) in [5.74, 6) is -0.278. The highest BCUT2D eigenvalue weighted by molar-refractivity contribution is 7.14. The Morgan fingerprint density at radius 3 is 2.38 bits per heavy atom. The lowest BCUT2D eigenvalue weighted by Crippen LogP contribution is -2.20. The molecule has 0 fully saturated rings.